The molecule has 2 aromatic carbocycles. The molecule has 0 atom stereocenters. The predicted molar refractivity (Wildman–Crippen MR) is 124 cm³/mol. The Hall–Kier alpha value is -3.24. The van der Waals surface area contributed by atoms with E-state index in [4.69, 9.17) is 4.74 Å². The topological polar surface area (TPSA) is 98.8 Å². The molecule has 10 heteroatoms. The van der Waals surface area contributed by atoms with Crippen LogP contribution < -0.4 is 10.3 Å². The lowest BCUT2D eigenvalue weighted by Crippen LogP contribution is -2.35. The minimum Gasteiger partial charge on any atom is -0.486 e. The van der Waals surface area contributed by atoms with Gasteiger partial charge in [0.15, 0.2) is 5.82 Å². The Morgan fingerprint density at radius 3 is 2.45 bits per heavy atom. The van der Waals surface area contributed by atoms with Crippen molar-refractivity contribution in [1.82, 2.24) is 23.5 Å². The third kappa shape index (κ3) is 3.79. The van der Waals surface area contributed by atoms with Crippen molar-refractivity contribution in [3.05, 3.63) is 64.2 Å². The number of fused-ring (bicyclic) bond motifs is 3. The lowest BCUT2D eigenvalue weighted by atomic mass is 10.1. The summed E-state index contributed by atoms with van der Waals surface area (Å²) in [6.07, 6.45) is 2.86. The molecule has 9 nitrogen and oxygen atoms in total. The Bertz CT molecular complexity index is 1500. The molecule has 172 valence electrons. The van der Waals surface area contributed by atoms with Crippen molar-refractivity contribution in [3.8, 4) is 5.75 Å². The number of aryl methyl sites for hydroxylation is 2. The van der Waals surface area contributed by atoms with E-state index in [-0.39, 0.29) is 17.1 Å². The van der Waals surface area contributed by atoms with Gasteiger partial charge < -0.3 is 4.74 Å². The van der Waals surface area contributed by atoms with Crippen molar-refractivity contribution >= 4 is 26.7 Å². The Labute approximate surface area is 191 Å². The van der Waals surface area contributed by atoms with Crippen LogP contribution in [0.5, 0.6) is 5.75 Å². The highest BCUT2D eigenvalue weighted by atomic mass is 32.2. The summed E-state index contributed by atoms with van der Waals surface area (Å²) in [5, 5.41) is 8.98. The van der Waals surface area contributed by atoms with Crippen molar-refractivity contribution in [2.45, 2.75) is 37.7 Å². The van der Waals surface area contributed by atoms with Crippen LogP contribution in [0.15, 0.2) is 52.2 Å². The van der Waals surface area contributed by atoms with E-state index in [1.807, 2.05) is 29.5 Å². The minimum atomic E-state index is -3.48. The summed E-state index contributed by atoms with van der Waals surface area (Å²) in [5.74, 6) is 1.49. The zero-order valence-electron chi connectivity index (χ0n) is 18.6. The Morgan fingerprint density at radius 2 is 1.73 bits per heavy atom. The van der Waals surface area contributed by atoms with E-state index in [1.165, 1.54) is 4.57 Å². The van der Waals surface area contributed by atoms with Crippen LogP contribution in [0.2, 0.25) is 0 Å². The molecule has 2 aromatic heterocycles. The van der Waals surface area contributed by atoms with E-state index >= 15 is 0 Å². The van der Waals surface area contributed by atoms with Gasteiger partial charge >= 0.3 is 0 Å². The second-order valence-corrected chi connectivity index (χ2v) is 10.3. The van der Waals surface area contributed by atoms with Crippen LogP contribution in [0.4, 0.5) is 0 Å². The molecule has 1 fully saturated rings. The van der Waals surface area contributed by atoms with Crippen LogP contribution in [0.1, 0.15) is 30.7 Å². The summed E-state index contributed by atoms with van der Waals surface area (Å²) >= 11 is 0. The van der Waals surface area contributed by atoms with E-state index in [1.54, 1.807) is 35.6 Å². The summed E-state index contributed by atoms with van der Waals surface area (Å²) in [5.41, 5.74) is 1.57. The number of piperidine rings is 1. The van der Waals surface area contributed by atoms with Crippen molar-refractivity contribution in [2.24, 2.45) is 7.05 Å². The largest absolute Gasteiger partial charge is 0.486 e. The van der Waals surface area contributed by atoms with E-state index < -0.39 is 10.0 Å². The monoisotopic (exact) mass is 467 g/mol. The van der Waals surface area contributed by atoms with Gasteiger partial charge in [0.1, 0.15) is 12.4 Å². The average molecular weight is 468 g/mol. The van der Waals surface area contributed by atoms with Gasteiger partial charge in [-0.15, -0.1) is 10.2 Å². The van der Waals surface area contributed by atoms with Gasteiger partial charge in [-0.3, -0.25) is 13.8 Å². The highest BCUT2D eigenvalue weighted by molar-refractivity contribution is 7.89. The SMILES string of the molecule is Cc1ccc2c(c1)c(=O)n(C)c1nnc(COc3ccc(S(=O)(=O)N4CCCCC4)cc3)n21. The smallest absolute Gasteiger partial charge is 0.262 e. The second-order valence-electron chi connectivity index (χ2n) is 8.36. The minimum absolute atomic E-state index is 0.112. The Morgan fingerprint density at radius 1 is 1.00 bits per heavy atom. The molecule has 0 spiro atoms. The molecule has 0 aliphatic carbocycles. The van der Waals surface area contributed by atoms with E-state index in [0.29, 0.717) is 41.3 Å². The van der Waals surface area contributed by atoms with Gasteiger partial charge in [-0.2, -0.15) is 4.31 Å². The molecule has 0 saturated carbocycles. The van der Waals surface area contributed by atoms with E-state index in [0.717, 1.165) is 24.8 Å². The number of nitrogens with zero attached hydrogens (tertiary/aromatic N) is 5. The Balaban J connectivity index is 1.41. The van der Waals surface area contributed by atoms with Gasteiger partial charge in [0.25, 0.3) is 5.56 Å². The maximum atomic E-state index is 12.8. The highest BCUT2D eigenvalue weighted by Crippen LogP contribution is 2.23. The molecule has 0 N–H and O–H groups in total. The zero-order valence-corrected chi connectivity index (χ0v) is 19.4. The fourth-order valence-electron chi connectivity index (χ4n) is 4.26. The number of ether oxygens (including phenoxy) is 1. The van der Waals surface area contributed by atoms with Gasteiger partial charge in [-0.25, -0.2) is 8.42 Å². The fourth-order valence-corrected chi connectivity index (χ4v) is 5.78. The summed E-state index contributed by atoms with van der Waals surface area (Å²) in [4.78, 5) is 13.0. The normalized spacial score (nSPS) is 15.3. The Kier molecular flexibility index (Phi) is 5.41. The van der Waals surface area contributed by atoms with Gasteiger partial charge in [0.2, 0.25) is 15.8 Å². The van der Waals surface area contributed by atoms with Crippen LogP contribution in [0, 0.1) is 6.92 Å². The van der Waals surface area contributed by atoms with Crippen molar-refractivity contribution in [3.63, 3.8) is 0 Å². The first-order valence-electron chi connectivity index (χ1n) is 10.9. The van der Waals surface area contributed by atoms with Gasteiger partial charge in [-0.1, -0.05) is 18.1 Å². The predicted octanol–water partition coefficient (Wildman–Crippen LogP) is 2.64. The number of benzene rings is 2. The van der Waals surface area contributed by atoms with Crippen LogP contribution in [-0.4, -0.2) is 45.0 Å². The number of sulfonamides is 1. The molecule has 5 rings (SSSR count). The number of aromatic nitrogens is 4. The first-order chi connectivity index (χ1) is 15.9. The fraction of sp³-hybridized carbons (Fsp3) is 0.348. The molecule has 0 amide bonds. The lowest BCUT2D eigenvalue weighted by Gasteiger charge is -2.25. The van der Waals surface area contributed by atoms with E-state index in [2.05, 4.69) is 10.2 Å². The zero-order chi connectivity index (χ0) is 23.2. The van der Waals surface area contributed by atoms with Crippen LogP contribution in [0.3, 0.4) is 0 Å². The van der Waals surface area contributed by atoms with Crippen LogP contribution in [0.25, 0.3) is 16.7 Å². The summed E-state index contributed by atoms with van der Waals surface area (Å²) in [7, 11) is -1.82. The maximum Gasteiger partial charge on any atom is 0.262 e. The molecule has 4 aromatic rings. The van der Waals surface area contributed by atoms with Gasteiger partial charge in [0.05, 0.1) is 15.8 Å². The average Bonchev–Trinajstić information content (AvgIpc) is 3.26. The second kappa shape index (κ2) is 8.27. The standard InChI is InChI=1S/C23H25N5O4S/c1-16-6-11-20-19(14-16)22(29)26(2)23-25-24-21(28(20)23)15-32-17-7-9-18(10-8-17)33(30,31)27-12-4-3-5-13-27/h6-11,14H,3-5,12-13,15H2,1-2H3. The molecule has 0 bridgehead atoms. The van der Waals surface area contributed by atoms with Crippen molar-refractivity contribution in [1.29, 1.82) is 0 Å². The molecular formula is C23H25N5O4S. The van der Waals surface area contributed by atoms with Crippen molar-refractivity contribution in [2.75, 3.05) is 13.1 Å². The van der Waals surface area contributed by atoms with Gasteiger partial charge in [-0.05, 0) is 56.2 Å². The number of hydrogen-bond acceptors (Lipinski definition) is 6. The number of hydrogen-bond donors (Lipinski definition) is 0. The molecule has 1 saturated heterocycles. The lowest BCUT2D eigenvalue weighted by molar-refractivity contribution is 0.294. The highest BCUT2D eigenvalue weighted by Gasteiger charge is 2.25. The van der Waals surface area contributed by atoms with Crippen LogP contribution in [-0.2, 0) is 23.7 Å². The first kappa shape index (κ1) is 21.6. The van der Waals surface area contributed by atoms with E-state index in [9.17, 15) is 13.2 Å². The summed E-state index contributed by atoms with van der Waals surface area (Å²) < 4.78 is 36.4. The third-order valence-corrected chi connectivity index (χ3v) is 8.00. The number of rotatable bonds is 5. The molecule has 1 aliphatic heterocycles. The summed E-state index contributed by atoms with van der Waals surface area (Å²) in [6, 6.07) is 12.1. The summed E-state index contributed by atoms with van der Waals surface area (Å²) in [6.45, 7) is 3.18. The third-order valence-electron chi connectivity index (χ3n) is 6.09. The quantitative estimate of drug-likeness (QED) is 0.448. The molecule has 1 aliphatic rings. The van der Waals surface area contributed by atoms with Gasteiger partial charge in [0, 0.05) is 20.1 Å². The van der Waals surface area contributed by atoms with Crippen molar-refractivity contribution < 1.29 is 13.2 Å². The van der Waals surface area contributed by atoms with Crippen LogP contribution >= 0.6 is 0 Å². The molecule has 0 radical (unpaired) electrons. The first-order valence-corrected chi connectivity index (χ1v) is 12.4. The molecule has 0 unspecified atom stereocenters. The molecular weight excluding hydrogens is 442 g/mol. The molecule has 3 heterocycles. The molecule has 33 heavy (non-hydrogen) atoms. The maximum absolute atomic E-state index is 12.8.